The molecule has 0 heterocycles. The molecule has 0 amide bonds. The smallest absolute Gasteiger partial charge is 0.0184 e. The van der Waals surface area contributed by atoms with Crippen LogP contribution in [0.1, 0.15) is 44.7 Å². The van der Waals surface area contributed by atoms with E-state index in [2.05, 4.69) is 70.3 Å². The standard InChI is InChI=1S/C17H22.C2H4/c1-4-14-7-9-16(10-8-14)17-11-6-13(3)12-15(17)5-2;1-2/h6-11,13H,4-5,12H2,1-3H3;1-2H2. The van der Waals surface area contributed by atoms with Crippen molar-refractivity contribution >= 4 is 5.57 Å². The molecule has 1 aromatic rings. The van der Waals surface area contributed by atoms with Crippen LogP contribution in [0.5, 0.6) is 0 Å². The maximum absolute atomic E-state index is 3.00. The Balaban J connectivity index is 0.000000861. The van der Waals surface area contributed by atoms with Gasteiger partial charge in [0.1, 0.15) is 0 Å². The van der Waals surface area contributed by atoms with Gasteiger partial charge in [0, 0.05) is 0 Å². The minimum Gasteiger partial charge on any atom is -0.106 e. The Hall–Kier alpha value is -1.56. The summed E-state index contributed by atoms with van der Waals surface area (Å²) in [5.41, 5.74) is 5.85. The molecule has 1 unspecified atom stereocenters. The summed E-state index contributed by atoms with van der Waals surface area (Å²) < 4.78 is 0. The lowest BCUT2D eigenvalue weighted by Crippen LogP contribution is -2.01. The van der Waals surface area contributed by atoms with E-state index in [0.29, 0.717) is 5.92 Å². The molecule has 19 heavy (non-hydrogen) atoms. The van der Waals surface area contributed by atoms with E-state index in [4.69, 9.17) is 0 Å². The summed E-state index contributed by atoms with van der Waals surface area (Å²) in [6, 6.07) is 9.04. The van der Waals surface area contributed by atoms with E-state index in [9.17, 15) is 0 Å². The first-order valence-electron chi connectivity index (χ1n) is 7.24. The van der Waals surface area contributed by atoms with Crippen LogP contribution in [-0.4, -0.2) is 0 Å². The zero-order valence-corrected chi connectivity index (χ0v) is 12.6. The molecule has 0 N–H and O–H groups in total. The predicted octanol–water partition coefficient (Wildman–Crippen LogP) is 5.81. The van der Waals surface area contributed by atoms with Gasteiger partial charge in [-0.1, -0.05) is 62.8 Å². The predicted molar refractivity (Wildman–Crippen MR) is 87.2 cm³/mol. The summed E-state index contributed by atoms with van der Waals surface area (Å²) in [6.45, 7) is 12.8. The van der Waals surface area contributed by atoms with Crippen molar-refractivity contribution in [3.63, 3.8) is 0 Å². The van der Waals surface area contributed by atoms with Crippen LogP contribution in [0.2, 0.25) is 0 Å². The molecule has 0 saturated carbocycles. The van der Waals surface area contributed by atoms with Gasteiger partial charge in [-0.15, -0.1) is 13.2 Å². The van der Waals surface area contributed by atoms with E-state index < -0.39 is 0 Å². The van der Waals surface area contributed by atoms with Gasteiger partial charge in [-0.2, -0.15) is 0 Å². The molecule has 0 radical (unpaired) electrons. The van der Waals surface area contributed by atoms with Crippen LogP contribution in [-0.2, 0) is 6.42 Å². The summed E-state index contributed by atoms with van der Waals surface area (Å²) in [7, 11) is 0. The van der Waals surface area contributed by atoms with Crippen molar-refractivity contribution in [3.05, 3.63) is 66.3 Å². The highest BCUT2D eigenvalue weighted by Gasteiger charge is 2.12. The van der Waals surface area contributed by atoms with Crippen molar-refractivity contribution in [2.45, 2.75) is 40.0 Å². The van der Waals surface area contributed by atoms with E-state index in [0.717, 1.165) is 6.42 Å². The molecule has 1 aliphatic rings. The van der Waals surface area contributed by atoms with E-state index in [-0.39, 0.29) is 0 Å². The second-order valence-electron chi connectivity index (χ2n) is 4.96. The van der Waals surface area contributed by atoms with E-state index in [1.165, 1.54) is 29.5 Å². The van der Waals surface area contributed by atoms with Gasteiger partial charge in [-0.25, -0.2) is 0 Å². The Morgan fingerprint density at radius 2 is 1.68 bits per heavy atom. The normalized spacial score (nSPS) is 17.9. The number of hydrogen-bond donors (Lipinski definition) is 0. The Morgan fingerprint density at radius 3 is 2.21 bits per heavy atom. The second-order valence-corrected chi connectivity index (χ2v) is 4.96. The SMILES string of the molecule is C=C.CCC1=C(c2ccc(CC)cc2)C=CC(C)C1. The molecule has 0 aromatic heterocycles. The van der Waals surface area contributed by atoms with Crippen molar-refractivity contribution in [2.24, 2.45) is 5.92 Å². The molecule has 1 aliphatic carbocycles. The first-order valence-corrected chi connectivity index (χ1v) is 7.24. The van der Waals surface area contributed by atoms with Crippen LogP contribution in [0.3, 0.4) is 0 Å². The highest BCUT2D eigenvalue weighted by Crippen LogP contribution is 2.32. The van der Waals surface area contributed by atoms with Gasteiger partial charge >= 0.3 is 0 Å². The highest BCUT2D eigenvalue weighted by atomic mass is 14.2. The monoisotopic (exact) mass is 254 g/mol. The van der Waals surface area contributed by atoms with Crippen LogP contribution in [0.4, 0.5) is 0 Å². The molecule has 0 nitrogen and oxygen atoms in total. The van der Waals surface area contributed by atoms with Gasteiger partial charge in [0.25, 0.3) is 0 Å². The summed E-state index contributed by atoms with van der Waals surface area (Å²) in [4.78, 5) is 0. The number of allylic oxidation sites excluding steroid dienone is 4. The van der Waals surface area contributed by atoms with Crippen LogP contribution in [0.25, 0.3) is 5.57 Å². The fourth-order valence-corrected chi connectivity index (χ4v) is 2.50. The molecule has 1 atom stereocenters. The summed E-state index contributed by atoms with van der Waals surface area (Å²) >= 11 is 0. The van der Waals surface area contributed by atoms with Gasteiger partial charge in [0.05, 0.1) is 0 Å². The average molecular weight is 254 g/mol. The number of rotatable bonds is 3. The molecule has 1 aromatic carbocycles. The van der Waals surface area contributed by atoms with Crippen LogP contribution in [0.15, 0.2) is 55.1 Å². The zero-order chi connectivity index (χ0) is 14.3. The quantitative estimate of drug-likeness (QED) is 0.597. The highest BCUT2D eigenvalue weighted by molar-refractivity contribution is 5.77. The van der Waals surface area contributed by atoms with Gasteiger partial charge in [-0.3, -0.25) is 0 Å². The molecule has 0 aliphatic heterocycles. The number of hydrogen-bond acceptors (Lipinski definition) is 0. The lowest BCUT2D eigenvalue weighted by molar-refractivity contribution is 0.693. The Morgan fingerprint density at radius 1 is 1.05 bits per heavy atom. The van der Waals surface area contributed by atoms with Gasteiger partial charge in [0.2, 0.25) is 0 Å². The molecular weight excluding hydrogens is 228 g/mol. The van der Waals surface area contributed by atoms with Gasteiger partial charge < -0.3 is 0 Å². The molecule has 0 heteroatoms. The zero-order valence-electron chi connectivity index (χ0n) is 12.6. The molecule has 0 bridgehead atoms. The van der Waals surface area contributed by atoms with Gasteiger partial charge in [-0.05, 0) is 41.9 Å². The first-order chi connectivity index (χ1) is 9.24. The minimum atomic E-state index is 0.698. The van der Waals surface area contributed by atoms with Gasteiger partial charge in [0.15, 0.2) is 0 Å². The van der Waals surface area contributed by atoms with E-state index in [1.807, 2.05) is 0 Å². The lowest BCUT2D eigenvalue weighted by Gasteiger charge is -2.19. The van der Waals surface area contributed by atoms with Crippen molar-refractivity contribution in [3.8, 4) is 0 Å². The maximum Gasteiger partial charge on any atom is -0.0184 e. The van der Waals surface area contributed by atoms with E-state index >= 15 is 0 Å². The van der Waals surface area contributed by atoms with E-state index in [1.54, 1.807) is 5.57 Å². The van der Waals surface area contributed by atoms with Crippen LogP contribution < -0.4 is 0 Å². The van der Waals surface area contributed by atoms with Crippen molar-refractivity contribution in [2.75, 3.05) is 0 Å². The van der Waals surface area contributed by atoms with Crippen molar-refractivity contribution in [1.29, 1.82) is 0 Å². The van der Waals surface area contributed by atoms with Crippen LogP contribution in [0, 0.1) is 5.92 Å². The third-order valence-corrected chi connectivity index (χ3v) is 3.64. The maximum atomic E-state index is 3.00. The fraction of sp³-hybridized carbons (Fsp3) is 0.368. The third kappa shape index (κ3) is 3.96. The lowest BCUT2D eigenvalue weighted by atomic mass is 9.86. The molecule has 2 rings (SSSR count). The summed E-state index contributed by atoms with van der Waals surface area (Å²) in [6.07, 6.45) is 8.15. The molecule has 102 valence electrons. The number of aryl methyl sites for hydroxylation is 1. The third-order valence-electron chi connectivity index (χ3n) is 3.64. The molecule has 0 fully saturated rings. The second kappa shape index (κ2) is 7.78. The average Bonchev–Trinajstić information content (AvgIpc) is 2.49. The Kier molecular flexibility index (Phi) is 6.35. The Labute approximate surface area is 118 Å². The number of benzene rings is 1. The largest absolute Gasteiger partial charge is 0.106 e. The molecule has 0 saturated heterocycles. The molecule has 0 spiro atoms. The van der Waals surface area contributed by atoms with Crippen LogP contribution >= 0.6 is 0 Å². The summed E-state index contributed by atoms with van der Waals surface area (Å²) in [5.74, 6) is 0.698. The van der Waals surface area contributed by atoms with Crippen molar-refractivity contribution in [1.82, 2.24) is 0 Å². The summed E-state index contributed by atoms with van der Waals surface area (Å²) in [5, 5.41) is 0. The first kappa shape index (κ1) is 15.5. The Bertz CT molecular complexity index is 445. The fourth-order valence-electron chi connectivity index (χ4n) is 2.50. The van der Waals surface area contributed by atoms with Crippen molar-refractivity contribution < 1.29 is 0 Å². The molecular formula is C19H26. The minimum absolute atomic E-state index is 0.698. The topological polar surface area (TPSA) is 0 Å².